The Balaban J connectivity index is 1.97. The summed E-state index contributed by atoms with van der Waals surface area (Å²) in [6.07, 6.45) is 0. The lowest BCUT2D eigenvalue weighted by Crippen LogP contribution is -2.36. The Morgan fingerprint density at radius 2 is 1.96 bits per heavy atom. The zero-order valence-electron chi connectivity index (χ0n) is 14.3. The van der Waals surface area contributed by atoms with Crippen LogP contribution in [0.15, 0.2) is 40.7 Å². The number of ether oxygens (including phenoxy) is 1. The second-order valence-corrected chi connectivity index (χ2v) is 6.26. The van der Waals surface area contributed by atoms with Gasteiger partial charge in [0.15, 0.2) is 5.96 Å². The van der Waals surface area contributed by atoms with Gasteiger partial charge in [0.1, 0.15) is 0 Å². The van der Waals surface area contributed by atoms with Crippen LogP contribution in [0.2, 0.25) is 0 Å². The predicted molar refractivity (Wildman–Crippen MR) is 98.5 cm³/mol. The molecule has 0 saturated heterocycles. The second-order valence-electron chi connectivity index (χ2n) is 5.26. The fourth-order valence-corrected chi connectivity index (χ4v) is 2.97. The Kier molecular flexibility index (Phi) is 6.81. The number of methoxy groups -OCH3 is 1. The zero-order valence-corrected chi connectivity index (χ0v) is 15.1. The Hall–Kier alpha value is -2.34. The van der Waals surface area contributed by atoms with Crippen molar-refractivity contribution in [2.75, 3.05) is 13.7 Å². The number of guanidine groups is 1. The summed E-state index contributed by atoms with van der Waals surface area (Å²) >= 11 is 1.74. The standard InChI is InChI=1S/C18H23N3O2S/c1-4-19-18(21-12-16-13(2)9-10-24-16)20-11-14-5-7-15(8-6-14)17(22)23-3/h5-10H,4,11-12H2,1-3H3,(H2,19,20,21). The maximum absolute atomic E-state index is 11.4. The molecule has 0 aliphatic rings. The van der Waals surface area contributed by atoms with Gasteiger partial charge < -0.3 is 15.4 Å². The zero-order chi connectivity index (χ0) is 17.4. The van der Waals surface area contributed by atoms with E-state index in [4.69, 9.17) is 4.74 Å². The first kappa shape index (κ1) is 18.0. The van der Waals surface area contributed by atoms with E-state index < -0.39 is 0 Å². The quantitative estimate of drug-likeness (QED) is 0.480. The van der Waals surface area contributed by atoms with Crippen LogP contribution in [0.5, 0.6) is 0 Å². The molecule has 0 fully saturated rings. The molecule has 1 heterocycles. The molecule has 2 aromatic rings. The summed E-state index contributed by atoms with van der Waals surface area (Å²) in [7, 11) is 1.38. The molecule has 0 spiro atoms. The van der Waals surface area contributed by atoms with Crippen LogP contribution in [0.1, 0.15) is 33.3 Å². The van der Waals surface area contributed by atoms with E-state index in [0.717, 1.165) is 24.6 Å². The molecule has 0 radical (unpaired) electrons. The van der Waals surface area contributed by atoms with Gasteiger partial charge >= 0.3 is 5.97 Å². The van der Waals surface area contributed by atoms with Crippen molar-refractivity contribution >= 4 is 23.3 Å². The molecular weight excluding hydrogens is 322 g/mol. The Morgan fingerprint density at radius 1 is 1.21 bits per heavy atom. The number of carbonyl (C=O) groups excluding carboxylic acids is 1. The summed E-state index contributed by atoms with van der Waals surface area (Å²) in [5.74, 6) is 0.453. The van der Waals surface area contributed by atoms with E-state index in [1.54, 1.807) is 23.5 Å². The van der Waals surface area contributed by atoms with Gasteiger partial charge in [-0.1, -0.05) is 12.1 Å². The van der Waals surface area contributed by atoms with Crippen molar-refractivity contribution < 1.29 is 9.53 Å². The Labute approximate surface area is 146 Å². The summed E-state index contributed by atoms with van der Waals surface area (Å²) in [5.41, 5.74) is 2.87. The van der Waals surface area contributed by atoms with Crippen molar-refractivity contribution in [2.45, 2.75) is 26.9 Å². The minimum absolute atomic E-state index is 0.327. The monoisotopic (exact) mass is 345 g/mol. The van der Waals surface area contributed by atoms with Crippen molar-refractivity contribution in [2.24, 2.45) is 4.99 Å². The molecule has 0 aliphatic heterocycles. The average molecular weight is 345 g/mol. The lowest BCUT2D eigenvalue weighted by atomic mass is 10.1. The number of aliphatic imine (C=N–C) groups is 1. The molecule has 0 aliphatic carbocycles. The van der Waals surface area contributed by atoms with E-state index >= 15 is 0 Å². The van der Waals surface area contributed by atoms with Gasteiger partial charge in [-0.05, 0) is 48.6 Å². The molecule has 6 heteroatoms. The summed E-state index contributed by atoms with van der Waals surface area (Å²) < 4.78 is 4.70. The van der Waals surface area contributed by atoms with Crippen LogP contribution in [-0.4, -0.2) is 25.6 Å². The minimum Gasteiger partial charge on any atom is -0.465 e. The topological polar surface area (TPSA) is 62.7 Å². The number of aryl methyl sites for hydroxylation is 1. The van der Waals surface area contributed by atoms with Gasteiger partial charge in [-0.25, -0.2) is 9.79 Å². The van der Waals surface area contributed by atoms with Crippen LogP contribution in [-0.2, 0) is 17.8 Å². The molecule has 128 valence electrons. The first-order valence-corrected chi connectivity index (χ1v) is 8.74. The number of hydrogen-bond acceptors (Lipinski definition) is 4. The van der Waals surface area contributed by atoms with E-state index in [-0.39, 0.29) is 5.97 Å². The highest BCUT2D eigenvalue weighted by Gasteiger charge is 2.05. The van der Waals surface area contributed by atoms with Gasteiger partial charge in [-0.15, -0.1) is 11.3 Å². The van der Waals surface area contributed by atoms with Crippen LogP contribution in [0, 0.1) is 6.92 Å². The summed E-state index contributed by atoms with van der Waals surface area (Å²) in [6, 6.07) is 9.41. The summed E-state index contributed by atoms with van der Waals surface area (Å²) in [6.45, 7) is 6.26. The molecule has 2 N–H and O–H groups in total. The normalized spacial score (nSPS) is 11.2. The molecule has 5 nitrogen and oxygen atoms in total. The smallest absolute Gasteiger partial charge is 0.337 e. The molecule has 0 bridgehead atoms. The second kappa shape index (κ2) is 9.08. The van der Waals surface area contributed by atoms with E-state index in [9.17, 15) is 4.79 Å². The maximum Gasteiger partial charge on any atom is 0.337 e. The summed E-state index contributed by atoms with van der Waals surface area (Å²) in [5, 5.41) is 8.69. The van der Waals surface area contributed by atoms with Crippen molar-refractivity contribution in [1.82, 2.24) is 10.6 Å². The van der Waals surface area contributed by atoms with Crippen molar-refractivity contribution in [3.8, 4) is 0 Å². The number of nitrogens with zero attached hydrogens (tertiary/aromatic N) is 1. The van der Waals surface area contributed by atoms with Crippen LogP contribution in [0.4, 0.5) is 0 Å². The highest BCUT2D eigenvalue weighted by atomic mass is 32.1. The molecule has 1 aromatic heterocycles. The highest BCUT2D eigenvalue weighted by Crippen LogP contribution is 2.14. The van der Waals surface area contributed by atoms with Crippen molar-refractivity contribution in [3.63, 3.8) is 0 Å². The third-order valence-electron chi connectivity index (χ3n) is 3.52. The van der Waals surface area contributed by atoms with E-state index in [0.29, 0.717) is 12.1 Å². The highest BCUT2D eigenvalue weighted by molar-refractivity contribution is 7.10. The first-order chi connectivity index (χ1) is 11.6. The predicted octanol–water partition coefficient (Wildman–Crippen LogP) is 3.10. The molecule has 24 heavy (non-hydrogen) atoms. The van der Waals surface area contributed by atoms with Crippen LogP contribution in [0.25, 0.3) is 0 Å². The maximum atomic E-state index is 11.4. The molecule has 0 saturated carbocycles. The largest absolute Gasteiger partial charge is 0.465 e. The number of rotatable bonds is 6. The lowest BCUT2D eigenvalue weighted by molar-refractivity contribution is 0.0600. The average Bonchev–Trinajstić information content (AvgIpc) is 3.02. The number of hydrogen-bond donors (Lipinski definition) is 2. The number of esters is 1. The van der Waals surface area contributed by atoms with Crippen molar-refractivity contribution in [3.05, 3.63) is 57.3 Å². The lowest BCUT2D eigenvalue weighted by Gasteiger charge is -2.11. The fourth-order valence-electron chi connectivity index (χ4n) is 2.13. The third-order valence-corrected chi connectivity index (χ3v) is 4.55. The molecule has 0 amide bonds. The fraction of sp³-hybridized carbons (Fsp3) is 0.333. The molecule has 2 rings (SSSR count). The molecular formula is C18H23N3O2S. The number of nitrogens with one attached hydrogen (secondary N) is 2. The SMILES string of the molecule is CCNC(=NCc1ccc(C(=O)OC)cc1)NCc1sccc1C. The molecule has 1 aromatic carbocycles. The molecule has 0 unspecified atom stereocenters. The van der Waals surface area contributed by atoms with Gasteiger partial charge in [0.25, 0.3) is 0 Å². The van der Waals surface area contributed by atoms with Crippen LogP contribution < -0.4 is 10.6 Å². The van der Waals surface area contributed by atoms with Crippen molar-refractivity contribution in [1.29, 1.82) is 0 Å². The minimum atomic E-state index is -0.327. The van der Waals surface area contributed by atoms with Gasteiger partial charge in [-0.3, -0.25) is 0 Å². The van der Waals surface area contributed by atoms with Gasteiger partial charge in [-0.2, -0.15) is 0 Å². The van der Waals surface area contributed by atoms with Crippen LogP contribution in [0.3, 0.4) is 0 Å². The Bertz CT molecular complexity index is 693. The van der Waals surface area contributed by atoms with E-state index in [2.05, 4.69) is 34.0 Å². The number of thiophene rings is 1. The number of carbonyl (C=O) groups is 1. The Morgan fingerprint density at radius 3 is 2.54 bits per heavy atom. The van der Waals surface area contributed by atoms with E-state index in [1.807, 2.05) is 19.1 Å². The van der Waals surface area contributed by atoms with Gasteiger partial charge in [0, 0.05) is 11.4 Å². The number of benzene rings is 1. The first-order valence-electron chi connectivity index (χ1n) is 7.86. The molecule has 0 atom stereocenters. The van der Waals surface area contributed by atoms with E-state index in [1.165, 1.54) is 17.6 Å². The van der Waals surface area contributed by atoms with Gasteiger partial charge in [0.2, 0.25) is 0 Å². The summed E-state index contributed by atoms with van der Waals surface area (Å²) in [4.78, 5) is 17.3. The van der Waals surface area contributed by atoms with Crippen LogP contribution >= 0.6 is 11.3 Å². The third kappa shape index (κ3) is 5.09. The van der Waals surface area contributed by atoms with Gasteiger partial charge in [0.05, 0.1) is 25.8 Å².